The first-order valence-electron chi connectivity index (χ1n) is 13.4. The summed E-state index contributed by atoms with van der Waals surface area (Å²) < 4.78 is 6.23. The zero-order valence-electron chi connectivity index (χ0n) is 21.3. The van der Waals surface area contributed by atoms with Crippen molar-refractivity contribution in [1.82, 2.24) is 5.32 Å². The van der Waals surface area contributed by atoms with Gasteiger partial charge in [-0.25, -0.2) is 0 Å². The van der Waals surface area contributed by atoms with Crippen molar-refractivity contribution >= 4 is 11.9 Å². The van der Waals surface area contributed by atoms with Gasteiger partial charge in [-0.3, -0.25) is 9.59 Å². The zero-order valence-corrected chi connectivity index (χ0v) is 21.3. The van der Waals surface area contributed by atoms with Crippen LogP contribution in [0.4, 0.5) is 0 Å². The van der Waals surface area contributed by atoms with Gasteiger partial charge in [-0.15, -0.1) is 0 Å². The summed E-state index contributed by atoms with van der Waals surface area (Å²) in [5, 5.41) is 33.0. The predicted octanol–water partition coefficient (Wildman–Crippen LogP) is 3.22. The number of hydrogen-bond acceptors (Lipinski definition) is 5. The highest BCUT2D eigenvalue weighted by molar-refractivity contribution is 5.81. The van der Waals surface area contributed by atoms with Gasteiger partial charge >= 0.3 is 5.97 Å². The molecule has 4 fully saturated rings. The number of nitrogens with one attached hydrogen (secondary N) is 1. The molecule has 0 radical (unpaired) electrons. The summed E-state index contributed by atoms with van der Waals surface area (Å²) in [6, 6.07) is 0. The standard InChI is InChI=1S/C27H45NO6/c1-15(5-8-23(31)28-14-24(32)33)18-6-7-19-25-20(13-22(34-4)27(18,19)3)26(2)10-9-17(29)11-16(26)12-21(25)30/h15-22,25,29-30H,5-14H2,1-4H3,(H,28,31)(H,32,33)/t15-,16+,17-,18-,19+,20+,21-,22+,25+,26+,27-/m1/s1. The highest BCUT2D eigenvalue weighted by atomic mass is 16.5. The number of rotatable bonds is 7. The summed E-state index contributed by atoms with van der Waals surface area (Å²) >= 11 is 0. The molecule has 0 saturated heterocycles. The molecule has 0 aromatic heterocycles. The molecule has 0 heterocycles. The quantitative estimate of drug-likeness (QED) is 0.446. The normalized spacial score (nSPS) is 46.6. The number of aliphatic hydroxyl groups is 2. The van der Waals surface area contributed by atoms with Crippen LogP contribution in [0.1, 0.15) is 78.6 Å². The molecule has 0 aromatic rings. The molecule has 4 rings (SSSR count). The van der Waals surface area contributed by atoms with Gasteiger partial charge in [0, 0.05) is 18.9 Å². The number of methoxy groups -OCH3 is 1. The van der Waals surface area contributed by atoms with Crippen LogP contribution in [-0.4, -0.2) is 59.2 Å². The van der Waals surface area contributed by atoms with Gasteiger partial charge in [0.25, 0.3) is 0 Å². The highest BCUT2D eigenvalue weighted by Crippen LogP contribution is 2.68. The lowest BCUT2D eigenvalue weighted by atomic mass is 9.43. The first-order valence-corrected chi connectivity index (χ1v) is 13.4. The van der Waals surface area contributed by atoms with Crippen LogP contribution < -0.4 is 5.32 Å². The molecule has 7 nitrogen and oxygen atoms in total. The third kappa shape index (κ3) is 4.30. The van der Waals surface area contributed by atoms with Gasteiger partial charge < -0.3 is 25.4 Å². The van der Waals surface area contributed by atoms with Crippen molar-refractivity contribution in [2.45, 2.75) is 96.9 Å². The fraction of sp³-hybridized carbons (Fsp3) is 0.926. The number of carbonyl (C=O) groups is 2. The van der Waals surface area contributed by atoms with Crippen LogP contribution in [0.15, 0.2) is 0 Å². The summed E-state index contributed by atoms with van der Waals surface area (Å²) in [6.07, 6.45) is 7.20. The number of carboxylic acid groups (broad SMARTS) is 1. The molecule has 0 aliphatic heterocycles. The Labute approximate surface area is 204 Å². The van der Waals surface area contributed by atoms with E-state index in [1.807, 2.05) is 7.11 Å². The summed E-state index contributed by atoms with van der Waals surface area (Å²) in [5.41, 5.74) is 0.0956. The zero-order chi connectivity index (χ0) is 24.8. The molecule has 0 bridgehead atoms. The maximum Gasteiger partial charge on any atom is 0.322 e. The lowest BCUT2D eigenvalue weighted by molar-refractivity contribution is -0.212. The third-order valence-corrected chi connectivity index (χ3v) is 11.0. The average molecular weight is 480 g/mol. The maximum atomic E-state index is 12.1. The first kappa shape index (κ1) is 25.9. The van der Waals surface area contributed by atoms with E-state index in [4.69, 9.17) is 9.84 Å². The Morgan fingerprint density at radius 1 is 1.09 bits per heavy atom. The van der Waals surface area contributed by atoms with E-state index < -0.39 is 5.97 Å². The van der Waals surface area contributed by atoms with E-state index in [2.05, 4.69) is 26.1 Å². The molecule has 4 aliphatic carbocycles. The third-order valence-electron chi connectivity index (χ3n) is 11.0. The van der Waals surface area contributed by atoms with E-state index in [0.29, 0.717) is 36.0 Å². The van der Waals surface area contributed by atoms with E-state index in [0.717, 1.165) is 51.4 Å². The molecule has 1 amide bonds. The average Bonchev–Trinajstić information content (AvgIpc) is 3.14. The minimum Gasteiger partial charge on any atom is -0.480 e. The van der Waals surface area contributed by atoms with Crippen molar-refractivity contribution in [3.8, 4) is 0 Å². The van der Waals surface area contributed by atoms with Crippen LogP contribution in [0.3, 0.4) is 0 Å². The van der Waals surface area contributed by atoms with Crippen LogP contribution in [0.2, 0.25) is 0 Å². The second-order valence-electron chi connectivity index (χ2n) is 12.4. The van der Waals surface area contributed by atoms with E-state index in [1.165, 1.54) is 0 Å². The van der Waals surface area contributed by atoms with Gasteiger partial charge in [-0.1, -0.05) is 20.8 Å². The molecule has 4 aliphatic rings. The topological polar surface area (TPSA) is 116 Å². The summed E-state index contributed by atoms with van der Waals surface area (Å²) in [6.45, 7) is 6.67. The number of amides is 1. The minimum absolute atomic E-state index is 0.0504. The SMILES string of the molecule is CO[C@H]1C[C@H]2[C@@H]([C@H](O)C[C@@H]3C[C@H](O)CC[C@@]32C)[C@@H]2CC[C@H]([C@H](C)CCC(=O)NCC(=O)O)[C@@]12C. The molecule has 0 spiro atoms. The number of aliphatic carboxylic acids is 1. The van der Waals surface area contributed by atoms with Gasteiger partial charge in [0.05, 0.1) is 18.3 Å². The fourth-order valence-corrected chi connectivity index (χ4v) is 9.28. The number of ether oxygens (including phenoxy) is 1. The summed E-state index contributed by atoms with van der Waals surface area (Å²) in [4.78, 5) is 22.8. The Kier molecular flexibility index (Phi) is 7.39. The Morgan fingerprint density at radius 3 is 2.50 bits per heavy atom. The predicted molar refractivity (Wildman–Crippen MR) is 128 cm³/mol. The Balaban J connectivity index is 1.52. The van der Waals surface area contributed by atoms with E-state index >= 15 is 0 Å². The van der Waals surface area contributed by atoms with Crippen LogP contribution in [-0.2, 0) is 14.3 Å². The molecular weight excluding hydrogens is 434 g/mol. The van der Waals surface area contributed by atoms with Gasteiger partial charge in [0.1, 0.15) is 6.54 Å². The molecular formula is C27H45NO6. The first-order chi connectivity index (χ1) is 16.0. The Morgan fingerprint density at radius 2 is 1.82 bits per heavy atom. The molecule has 34 heavy (non-hydrogen) atoms. The van der Waals surface area contributed by atoms with E-state index in [9.17, 15) is 19.8 Å². The van der Waals surface area contributed by atoms with Crippen LogP contribution in [0.5, 0.6) is 0 Å². The van der Waals surface area contributed by atoms with Gasteiger partial charge in [-0.2, -0.15) is 0 Å². The summed E-state index contributed by atoms with van der Waals surface area (Å²) in [7, 11) is 1.83. The van der Waals surface area contributed by atoms with Crippen molar-refractivity contribution < 1.29 is 29.6 Å². The molecule has 194 valence electrons. The molecule has 11 atom stereocenters. The van der Waals surface area contributed by atoms with Crippen molar-refractivity contribution in [2.75, 3.05) is 13.7 Å². The highest BCUT2D eigenvalue weighted by Gasteiger charge is 2.66. The largest absolute Gasteiger partial charge is 0.480 e. The number of fused-ring (bicyclic) bond motifs is 5. The molecule has 0 aromatic carbocycles. The molecule has 0 unspecified atom stereocenters. The minimum atomic E-state index is -1.03. The number of carbonyl (C=O) groups excluding carboxylic acids is 1. The molecule has 7 heteroatoms. The van der Waals surface area contributed by atoms with Crippen molar-refractivity contribution in [1.29, 1.82) is 0 Å². The van der Waals surface area contributed by atoms with Crippen LogP contribution in [0, 0.1) is 46.3 Å². The number of hydrogen-bond donors (Lipinski definition) is 4. The Hall–Kier alpha value is -1.18. The van der Waals surface area contributed by atoms with E-state index in [-0.39, 0.29) is 47.5 Å². The molecule has 4 N–H and O–H groups in total. The van der Waals surface area contributed by atoms with Gasteiger partial charge in [-0.05, 0) is 92.3 Å². The van der Waals surface area contributed by atoms with Crippen molar-refractivity contribution in [3.63, 3.8) is 0 Å². The van der Waals surface area contributed by atoms with Crippen molar-refractivity contribution in [3.05, 3.63) is 0 Å². The Bertz CT molecular complexity index is 774. The monoisotopic (exact) mass is 479 g/mol. The van der Waals surface area contributed by atoms with Crippen LogP contribution >= 0.6 is 0 Å². The lowest BCUT2D eigenvalue weighted by Gasteiger charge is -2.64. The number of carboxylic acids is 1. The van der Waals surface area contributed by atoms with Crippen LogP contribution in [0.25, 0.3) is 0 Å². The van der Waals surface area contributed by atoms with Gasteiger partial charge in [0.15, 0.2) is 0 Å². The maximum absolute atomic E-state index is 12.1. The fourth-order valence-electron chi connectivity index (χ4n) is 9.28. The second kappa shape index (κ2) is 9.70. The van der Waals surface area contributed by atoms with Crippen molar-refractivity contribution in [2.24, 2.45) is 46.3 Å². The smallest absolute Gasteiger partial charge is 0.322 e. The lowest BCUT2D eigenvalue weighted by Crippen LogP contribution is -2.62. The van der Waals surface area contributed by atoms with Gasteiger partial charge in [0.2, 0.25) is 5.91 Å². The van der Waals surface area contributed by atoms with E-state index in [1.54, 1.807) is 0 Å². The molecule has 4 saturated carbocycles. The number of aliphatic hydroxyl groups excluding tert-OH is 2. The second-order valence-corrected chi connectivity index (χ2v) is 12.4. The summed E-state index contributed by atoms with van der Waals surface area (Å²) in [5.74, 6) is 0.926.